The highest BCUT2D eigenvalue weighted by atomic mass is 32.1. The number of carbonyl (C=O) groups excluding carboxylic acids is 2. The van der Waals surface area contributed by atoms with Crippen LogP contribution in [0.1, 0.15) is 12.5 Å². The Morgan fingerprint density at radius 1 is 1.14 bits per heavy atom. The van der Waals surface area contributed by atoms with Gasteiger partial charge < -0.3 is 4.57 Å². The highest BCUT2D eigenvalue weighted by Gasteiger charge is 2.34. The molecule has 2 aromatic carbocycles. The molecule has 0 bridgehead atoms. The van der Waals surface area contributed by atoms with E-state index in [1.165, 1.54) is 18.2 Å². The Hall–Kier alpha value is -3.32. The van der Waals surface area contributed by atoms with Crippen molar-refractivity contribution in [1.29, 1.82) is 0 Å². The van der Waals surface area contributed by atoms with E-state index in [0.717, 1.165) is 27.9 Å². The number of anilines is 1. The first-order valence-electron chi connectivity index (χ1n) is 8.74. The van der Waals surface area contributed by atoms with Crippen LogP contribution in [0.15, 0.2) is 60.3 Å². The largest absolute Gasteiger partial charge is 0.347 e. The summed E-state index contributed by atoms with van der Waals surface area (Å²) in [5.41, 5.74) is 1.97. The molecule has 0 atom stereocenters. The number of fused-ring (bicyclic) bond motifs is 1. The first kappa shape index (κ1) is 18.1. The van der Waals surface area contributed by atoms with E-state index in [-0.39, 0.29) is 16.4 Å². The van der Waals surface area contributed by atoms with Gasteiger partial charge in [-0.2, -0.15) is 0 Å². The lowest BCUT2D eigenvalue weighted by atomic mass is 10.1. The van der Waals surface area contributed by atoms with Gasteiger partial charge in [0.25, 0.3) is 11.8 Å². The molecule has 0 saturated carbocycles. The highest BCUT2D eigenvalue weighted by molar-refractivity contribution is 7.80. The van der Waals surface area contributed by atoms with Crippen LogP contribution in [0.5, 0.6) is 0 Å². The number of nitrogens with one attached hydrogen (secondary N) is 1. The molecule has 4 rings (SSSR count). The number of aromatic nitrogens is 1. The summed E-state index contributed by atoms with van der Waals surface area (Å²) in [4.78, 5) is 26.7. The Morgan fingerprint density at radius 2 is 1.93 bits per heavy atom. The van der Waals surface area contributed by atoms with E-state index in [0.29, 0.717) is 0 Å². The fourth-order valence-corrected chi connectivity index (χ4v) is 3.60. The Labute approximate surface area is 166 Å². The standard InChI is InChI=1S/C21H16FN3O2S/c1-2-24-12-13(16-8-3-4-9-18(16)24)10-17-19(26)23-21(28)25(20(17)27)15-7-5-6-14(22)11-15/h3-12H,2H2,1H3,(H,23,26,28)/b17-10-. The van der Waals surface area contributed by atoms with Gasteiger partial charge in [-0.1, -0.05) is 24.3 Å². The van der Waals surface area contributed by atoms with Gasteiger partial charge in [-0.3, -0.25) is 19.8 Å². The second kappa shape index (κ2) is 7.01. The first-order chi connectivity index (χ1) is 13.5. The van der Waals surface area contributed by atoms with Gasteiger partial charge in [-0.05, 0) is 49.5 Å². The van der Waals surface area contributed by atoms with E-state index in [9.17, 15) is 14.0 Å². The van der Waals surface area contributed by atoms with E-state index in [1.54, 1.807) is 12.1 Å². The molecular weight excluding hydrogens is 377 g/mol. The smallest absolute Gasteiger partial charge is 0.270 e. The molecule has 0 radical (unpaired) electrons. The molecule has 1 N–H and O–H groups in total. The molecular formula is C21H16FN3O2S. The van der Waals surface area contributed by atoms with Crippen LogP contribution in [0.25, 0.3) is 17.0 Å². The molecule has 2 heterocycles. The van der Waals surface area contributed by atoms with Gasteiger partial charge in [0.15, 0.2) is 5.11 Å². The van der Waals surface area contributed by atoms with Crippen molar-refractivity contribution in [3.05, 3.63) is 71.7 Å². The molecule has 5 nitrogen and oxygen atoms in total. The third-order valence-corrected chi connectivity index (χ3v) is 4.91. The van der Waals surface area contributed by atoms with Crippen LogP contribution in [0, 0.1) is 5.82 Å². The van der Waals surface area contributed by atoms with Crippen LogP contribution < -0.4 is 10.2 Å². The zero-order valence-electron chi connectivity index (χ0n) is 15.0. The van der Waals surface area contributed by atoms with Crippen molar-refractivity contribution in [2.75, 3.05) is 4.90 Å². The number of amides is 2. The molecule has 1 saturated heterocycles. The van der Waals surface area contributed by atoms with Crippen molar-refractivity contribution in [3.8, 4) is 0 Å². The number of nitrogens with zero attached hydrogens (tertiary/aromatic N) is 2. The molecule has 7 heteroatoms. The van der Waals surface area contributed by atoms with Gasteiger partial charge in [-0.25, -0.2) is 4.39 Å². The van der Waals surface area contributed by atoms with Gasteiger partial charge in [0.05, 0.1) is 5.69 Å². The second-order valence-corrected chi connectivity index (χ2v) is 6.71. The number of carbonyl (C=O) groups is 2. The summed E-state index contributed by atoms with van der Waals surface area (Å²) in [6, 6.07) is 13.3. The SMILES string of the molecule is CCn1cc(/C=C2/C(=O)NC(=S)N(c3cccc(F)c3)C2=O)c2ccccc21. The minimum Gasteiger partial charge on any atom is -0.347 e. The topological polar surface area (TPSA) is 54.3 Å². The minimum atomic E-state index is -0.590. The maximum absolute atomic E-state index is 13.6. The fourth-order valence-electron chi connectivity index (χ4n) is 3.31. The Bertz CT molecular complexity index is 1170. The third-order valence-electron chi connectivity index (χ3n) is 4.63. The third kappa shape index (κ3) is 2.99. The van der Waals surface area contributed by atoms with Crippen LogP contribution in [0.3, 0.4) is 0 Å². The summed E-state index contributed by atoms with van der Waals surface area (Å²) in [5.74, 6) is -1.66. The second-order valence-electron chi connectivity index (χ2n) is 6.33. The molecule has 28 heavy (non-hydrogen) atoms. The predicted molar refractivity (Wildman–Crippen MR) is 110 cm³/mol. The number of halogens is 1. The van der Waals surface area contributed by atoms with E-state index >= 15 is 0 Å². The summed E-state index contributed by atoms with van der Waals surface area (Å²) in [5, 5.41) is 3.37. The van der Waals surface area contributed by atoms with Gasteiger partial charge in [0.2, 0.25) is 0 Å². The normalized spacial score (nSPS) is 16.1. The van der Waals surface area contributed by atoms with Crippen molar-refractivity contribution in [1.82, 2.24) is 9.88 Å². The fraction of sp³-hybridized carbons (Fsp3) is 0.0952. The van der Waals surface area contributed by atoms with Crippen molar-refractivity contribution in [2.24, 2.45) is 0 Å². The number of aryl methyl sites for hydroxylation is 1. The first-order valence-corrected chi connectivity index (χ1v) is 9.15. The minimum absolute atomic E-state index is 0.0585. The highest BCUT2D eigenvalue weighted by Crippen LogP contribution is 2.26. The van der Waals surface area contributed by atoms with Crippen molar-refractivity contribution in [2.45, 2.75) is 13.5 Å². The van der Waals surface area contributed by atoms with E-state index in [4.69, 9.17) is 12.2 Å². The molecule has 3 aromatic rings. The zero-order valence-corrected chi connectivity index (χ0v) is 15.8. The lowest BCUT2D eigenvalue weighted by molar-refractivity contribution is -0.122. The molecule has 1 fully saturated rings. The van der Waals surface area contributed by atoms with Crippen LogP contribution in [-0.4, -0.2) is 21.5 Å². The quantitative estimate of drug-likeness (QED) is 0.420. The Morgan fingerprint density at radius 3 is 2.68 bits per heavy atom. The van der Waals surface area contributed by atoms with Crippen molar-refractivity contribution < 1.29 is 14.0 Å². The maximum atomic E-state index is 13.6. The number of para-hydroxylation sites is 1. The lowest BCUT2D eigenvalue weighted by Gasteiger charge is -2.28. The number of hydrogen-bond donors (Lipinski definition) is 1. The molecule has 1 aliphatic rings. The molecule has 0 spiro atoms. The molecule has 0 aliphatic carbocycles. The van der Waals surface area contributed by atoms with Crippen LogP contribution in [0.4, 0.5) is 10.1 Å². The average Bonchev–Trinajstić information content (AvgIpc) is 3.03. The average molecular weight is 393 g/mol. The summed E-state index contributed by atoms with van der Waals surface area (Å²) in [6.45, 7) is 2.77. The molecule has 0 unspecified atom stereocenters. The van der Waals surface area contributed by atoms with Gasteiger partial charge in [0, 0.05) is 29.2 Å². The Balaban J connectivity index is 1.82. The summed E-state index contributed by atoms with van der Waals surface area (Å²) < 4.78 is 15.7. The van der Waals surface area contributed by atoms with Crippen LogP contribution in [0.2, 0.25) is 0 Å². The maximum Gasteiger partial charge on any atom is 0.270 e. The molecule has 140 valence electrons. The molecule has 1 aromatic heterocycles. The number of thiocarbonyl (C=S) groups is 1. The van der Waals surface area contributed by atoms with Gasteiger partial charge >= 0.3 is 0 Å². The number of rotatable bonds is 3. The number of benzene rings is 2. The van der Waals surface area contributed by atoms with Gasteiger partial charge in [0.1, 0.15) is 11.4 Å². The Kier molecular flexibility index (Phi) is 4.52. The monoisotopic (exact) mass is 393 g/mol. The van der Waals surface area contributed by atoms with E-state index in [1.807, 2.05) is 42.0 Å². The van der Waals surface area contributed by atoms with Crippen molar-refractivity contribution >= 4 is 51.8 Å². The lowest BCUT2D eigenvalue weighted by Crippen LogP contribution is -2.54. The summed E-state index contributed by atoms with van der Waals surface area (Å²) >= 11 is 5.14. The van der Waals surface area contributed by atoms with Crippen LogP contribution >= 0.6 is 12.2 Å². The summed E-state index contributed by atoms with van der Waals surface area (Å²) in [7, 11) is 0. The molecule has 2 amide bonds. The zero-order chi connectivity index (χ0) is 19.8. The van der Waals surface area contributed by atoms with Gasteiger partial charge in [-0.15, -0.1) is 0 Å². The summed E-state index contributed by atoms with van der Waals surface area (Å²) in [6.07, 6.45) is 3.46. The predicted octanol–water partition coefficient (Wildman–Crippen LogP) is 3.63. The number of hydrogen-bond acceptors (Lipinski definition) is 3. The van der Waals surface area contributed by atoms with E-state index < -0.39 is 17.6 Å². The van der Waals surface area contributed by atoms with Crippen molar-refractivity contribution in [3.63, 3.8) is 0 Å². The van der Waals surface area contributed by atoms with Crippen LogP contribution in [-0.2, 0) is 16.1 Å². The van der Waals surface area contributed by atoms with E-state index in [2.05, 4.69) is 5.32 Å². The molecule has 1 aliphatic heterocycles.